The number of piperazine rings is 1. The maximum Gasteiger partial charge on any atom is 0.132 e. The van der Waals surface area contributed by atoms with Gasteiger partial charge in [0.1, 0.15) is 11.6 Å². The van der Waals surface area contributed by atoms with E-state index in [2.05, 4.69) is 25.8 Å². The van der Waals surface area contributed by atoms with E-state index >= 15 is 0 Å². The fourth-order valence-corrected chi connectivity index (χ4v) is 3.13. The zero-order valence-corrected chi connectivity index (χ0v) is 13.6. The Bertz CT molecular complexity index is 483. The quantitative estimate of drug-likeness (QED) is 0.811. The number of aryl methyl sites for hydroxylation is 1. The molecule has 2 saturated heterocycles. The first-order valence-electron chi connectivity index (χ1n) is 8.16. The summed E-state index contributed by atoms with van der Waals surface area (Å²) in [6.07, 6.45) is 1.07. The summed E-state index contributed by atoms with van der Waals surface area (Å²) in [5.74, 6) is 2.37. The molecule has 2 aliphatic heterocycles. The van der Waals surface area contributed by atoms with Crippen LogP contribution in [0.2, 0.25) is 0 Å². The topological polar surface area (TPSA) is 50.7 Å². The largest absolute Gasteiger partial charge is 0.383 e. The molecule has 6 heteroatoms. The number of methoxy groups -OCH3 is 1. The first-order valence-corrected chi connectivity index (χ1v) is 8.16. The summed E-state index contributed by atoms with van der Waals surface area (Å²) in [4.78, 5) is 14.1. The second kappa shape index (κ2) is 7.35. The molecule has 6 nitrogen and oxygen atoms in total. The highest BCUT2D eigenvalue weighted by atomic mass is 16.5. The van der Waals surface area contributed by atoms with Gasteiger partial charge in [0.2, 0.25) is 0 Å². The van der Waals surface area contributed by atoms with E-state index in [1.54, 1.807) is 7.11 Å². The standard InChI is InChI=1S/C16H26N4O2/c1-13-17-15(14-3-9-22-12-14)11-16(18-13)20-6-4-19(5-7-20)8-10-21-2/h11,14H,3-10,12H2,1-2H3. The van der Waals surface area contributed by atoms with Gasteiger partial charge in [-0.25, -0.2) is 9.97 Å². The van der Waals surface area contributed by atoms with Gasteiger partial charge in [-0.2, -0.15) is 0 Å². The van der Waals surface area contributed by atoms with Gasteiger partial charge in [0, 0.05) is 58.4 Å². The number of hydrogen-bond donors (Lipinski definition) is 0. The monoisotopic (exact) mass is 306 g/mol. The highest BCUT2D eigenvalue weighted by Gasteiger charge is 2.23. The highest BCUT2D eigenvalue weighted by Crippen LogP contribution is 2.26. The molecule has 3 rings (SSSR count). The molecule has 2 aliphatic rings. The lowest BCUT2D eigenvalue weighted by molar-refractivity contribution is 0.144. The predicted molar refractivity (Wildman–Crippen MR) is 85.5 cm³/mol. The first kappa shape index (κ1) is 15.6. The zero-order chi connectivity index (χ0) is 15.4. The van der Waals surface area contributed by atoms with Gasteiger partial charge in [-0.3, -0.25) is 4.90 Å². The van der Waals surface area contributed by atoms with Gasteiger partial charge in [-0.1, -0.05) is 0 Å². The molecule has 0 bridgehead atoms. The fraction of sp³-hybridized carbons (Fsp3) is 0.750. The molecule has 1 atom stereocenters. The van der Waals surface area contributed by atoms with Gasteiger partial charge in [0.25, 0.3) is 0 Å². The van der Waals surface area contributed by atoms with Crippen molar-refractivity contribution in [2.75, 3.05) is 64.6 Å². The molecule has 0 spiro atoms. The Balaban J connectivity index is 1.65. The van der Waals surface area contributed by atoms with E-state index in [0.717, 1.165) is 76.3 Å². The van der Waals surface area contributed by atoms with Gasteiger partial charge in [-0.05, 0) is 13.3 Å². The molecule has 3 heterocycles. The molecule has 1 aromatic heterocycles. The zero-order valence-electron chi connectivity index (χ0n) is 13.6. The van der Waals surface area contributed by atoms with Crippen molar-refractivity contribution in [3.05, 3.63) is 17.6 Å². The van der Waals surface area contributed by atoms with Crippen LogP contribution >= 0.6 is 0 Å². The van der Waals surface area contributed by atoms with Crippen LogP contribution in [0.15, 0.2) is 6.07 Å². The van der Waals surface area contributed by atoms with Gasteiger partial charge in [0.15, 0.2) is 0 Å². The van der Waals surface area contributed by atoms with Crippen molar-refractivity contribution in [2.45, 2.75) is 19.3 Å². The van der Waals surface area contributed by atoms with Crippen LogP contribution in [-0.2, 0) is 9.47 Å². The van der Waals surface area contributed by atoms with Crippen molar-refractivity contribution in [2.24, 2.45) is 0 Å². The van der Waals surface area contributed by atoms with Crippen LogP contribution in [0.25, 0.3) is 0 Å². The SMILES string of the molecule is COCCN1CCN(c2cc(C3CCOC3)nc(C)n2)CC1. The number of aromatic nitrogens is 2. The molecule has 0 amide bonds. The first-order chi connectivity index (χ1) is 10.8. The summed E-state index contributed by atoms with van der Waals surface area (Å²) in [6.45, 7) is 9.60. The van der Waals surface area contributed by atoms with E-state index in [1.165, 1.54) is 0 Å². The third-order valence-electron chi connectivity index (χ3n) is 4.50. The molecule has 1 unspecified atom stereocenters. The van der Waals surface area contributed by atoms with E-state index < -0.39 is 0 Å². The number of ether oxygens (including phenoxy) is 2. The van der Waals surface area contributed by atoms with Crippen molar-refractivity contribution in [3.63, 3.8) is 0 Å². The molecule has 2 fully saturated rings. The smallest absolute Gasteiger partial charge is 0.132 e. The minimum atomic E-state index is 0.434. The van der Waals surface area contributed by atoms with Crippen LogP contribution < -0.4 is 4.90 Å². The minimum Gasteiger partial charge on any atom is -0.383 e. The Morgan fingerprint density at radius 1 is 1.27 bits per heavy atom. The molecule has 0 aliphatic carbocycles. The molecule has 0 saturated carbocycles. The van der Waals surface area contributed by atoms with Gasteiger partial charge in [0.05, 0.1) is 18.9 Å². The van der Waals surface area contributed by atoms with E-state index in [4.69, 9.17) is 9.47 Å². The Hall–Kier alpha value is -1.24. The van der Waals surface area contributed by atoms with Gasteiger partial charge in [-0.15, -0.1) is 0 Å². The van der Waals surface area contributed by atoms with E-state index in [1.807, 2.05) is 6.92 Å². The lowest BCUT2D eigenvalue weighted by Crippen LogP contribution is -2.47. The predicted octanol–water partition coefficient (Wildman–Crippen LogP) is 1.06. The third kappa shape index (κ3) is 3.74. The fourth-order valence-electron chi connectivity index (χ4n) is 3.13. The Morgan fingerprint density at radius 3 is 2.77 bits per heavy atom. The second-order valence-corrected chi connectivity index (χ2v) is 6.08. The van der Waals surface area contributed by atoms with Crippen LogP contribution in [-0.4, -0.2) is 74.5 Å². The summed E-state index contributed by atoms with van der Waals surface area (Å²) >= 11 is 0. The van der Waals surface area contributed by atoms with Crippen LogP contribution in [0.3, 0.4) is 0 Å². The summed E-state index contributed by atoms with van der Waals surface area (Å²) in [6, 6.07) is 2.16. The normalized spacial score (nSPS) is 23.2. The average molecular weight is 306 g/mol. The van der Waals surface area contributed by atoms with Crippen molar-refractivity contribution < 1.29 is 9.47 Å². The number of hydrogen-bond acceptors (Lipinski definition) is 6. The average Bonchev–Trinajstić information content (AvgIpc) is 3.07. The van der Waals surface area contributed by atoms with E-state index in [9.17, 15) is 0 Å². The van der Waals surface area contributed by atoms with Gasteiger partial charge < -0.3 is 14.4 Å². The Morgan fingerprint density at radius 2 is 2.09 bits per heavy atom. The third-order valence-corrected chi connectivity index (χ3v) is 4.50. The summed E-state index contributed by atoms with van der Waals surface area (Å²) < 4.78 is 10.7. The lowest BCUT2D eigenvalue weighted by atomic mass is 10.0. The van der Waals surface area contributed by atoms with Crippen LogP contribution in [0.4, 0.5) is 5.82 Å². The van der Waals surface area contributed by atoms with Gasteiger partial charge >= 0.3 is 0 Å². The maximum atomic E-state index is 5.50. The molecule has 122 valence electrons. The molecule has 1 aromatic rings. The van der Waals surface area contributed by atoms with E-state index in [-0.39, 0.29) is 0 Å². The second-order valence-electron chi connectivity index (χ2n) is 6.08. The van der Waals surface area contributed by atoms with Crippen molar-refractivity contribution >= 4 is 5.82 Å². The van der Waals surface area contributed by atoms with Crippen LogP contribution in [0.1, 0.15) is 23.9 Å². The van der Waals surface area contributed by atoms with E-state index in [0.29, 0.717) is 5.92 Å². The molecule has 0 radical (unpaired) electrons. The molecule has 0 N–H and O–H groups in total. The molecule has 22 heavy (non-hydrogen) atoms. The minimum absolute atomic E-state index is 0.434. The maximum absolute atomic E-state index is 5.50. The summed E-state index contributed by atoms with van der Waals surface area (Å²) in [7, 11) is 1.76. The Labute approximate surface area is 132 Å². The highest BCUT2D eigenvalue weighted by molar-refractivity contribution is 5.41. The summed E-state index contributed by atoms with van der Waals surface area (Å²) in [5, 5.41) is 0. The van der Waals surface area contributed by atoms with Crippen molar-refractivity contribution in [3.8, 4) is 0 Å². The number of nitrogens with zero attached hydrogens (tertiary/aromatic N) is 4. The lowest BCUT2D eigenvalue weighted by Gasteiger charge is -2.35. The number of anilines is 1. The van der Waals surface area contributed by atoms with Crippen molar-refractivity contribution in [1.82, 2.24) is 14.9 Å². The molecular formula is C16H26N4O2. The van der Waals surface area contributed by atoms with Crippen molar-refractivity contribution in [1.29, 1.82) is 0 Å². The number of rotatable bonds is 5. The van der Waals surface area contributed by atoms with Crippen LogP contribution in [0.5, 0.6) is 0 Å². The van der Waals surface area contributed by atoms with Crippen LogP contribution in [0, 0.1) is 6.92 Å². The molecular weight excluding hydrogens is 280 g/mol. The molecule has 0 aromatic carbocycles. The Kier molecular flexibility index (Phi) is 5.23. The summed E-state index contributed by atoms with van der Waals surface area (Å²) in [5.41, 5.74) is 1.14.